The molecule has 4 nitrogen and oxygen atoms in total. The predicted octanol–water partition coefficient (Wildman–Crippen LogP) is -0.754. The van der Waals surface area contributed by atoms with Crippen molar-refractivity contribution in [2.75, 3.05) is 13.2 Å². The van der Waals surface area contributed by atoms with Gasteiger partial charge in [-0.15, -0.1) is 0 Å². The van der Waals surface area contributed by atoms with Gasteiger partial charge in [0.25, 0.3) is 0 Å². The third-order valence-corrected chi connectivity index (χ3v) is 0.605. The van der Waals surface area contributed by atoms with Gasteiger partial charge in [0.15, 0.2) is 0 Å². The summed E-state index contributed by atoms with van der Waals surface area (Å²) >= 11 is 0. The highest BCUT2D eigenvalue weighted by atomic mass is 16.6. The molecule has 39 valence electrons. The van der Waals surface area contributed by atoms with Crippen LogP contribution in [0.1, 0.15) is 0 Å². The van der Waals surface area contributed by atoms with Crippen molar-refractivity contribution in [3.63, 3.8) is 0 Å². The van der Waals surface area contributed by atoms with Gasteiger partial charge in [-0.05, 0) is 0 Å². The topological polar surface area (TPSA) is 68.8 Å². The van der Waals surface area contributed by atoms with Crippen LogP contribution in [0, 0.1) is 0 Å². The molecule has 4 heteroatoms. The van der Waals surface area contributed by atoms with Crippen molar-refractivity contribution in [3.05, 3.63) is 0 Å². The number of cyclic esters (lactones) is 1. The van der Waals surface area contributed by atoms with Gasteiger partial charge in [0.1, 0.15) is 6.61 Å². The van der Waals surface area contributed by atoms with E-state index in [0.717, 1.165) is 0 Å². The van der Waals surface area contributed by atoms with Crippen LogP contribution in [0.5, 0.6) is 0 Å². The van der Waals surface area contributed by atoms with E-state index >= 15 is 0 Å². The summed E-state index contributed by atoms with van der Waals surface area (Å²) < 4.78 is 4.40. The molecule has 0 aliphatic carbocycles. The summed E-state index contributed by atoms with van der Waals surface area (Å²) in [5, 5.41) is 2.46. The maximum atomic E-state index is 9.91. The summed E-state index contributed by atoms with van der Waals surface area (Å²) in [6.07, 6.45) is -0.296. The minimum Gasteiger partial charge on any atom is -0.448 e. The predicted molar refractivity (Wildman–Crippen MR) is 21.5 cm³/mol. The van der Waals surface area contributed by atoms with Gasteiger partial charge >= 0.3 is 6.09 Å². The number of alkyl carbamates (subject to hydrolysis) is 1. The zero-order chi connectivity index (χ0) is 4.41. The zero-order valence-electron chi connectivity index (χ0n) is 3.68. The number of carbonyl (C=O) groups excluding carboxylic acids is 1. The van der Waals surface area contributed by atoms with Gasteiger partial charge in [-0.2, -0.15) is 0 Å². The molecule has 0 spiro atoms. The van der Waals surface area contributed by atoms with Gasteiger partial charge in [-0.1, -0.05) is 0 Å². The summed E-state index contributed by atoms with van der Waals surface area (Å²) in [6, 6.07) is 0. The van der Waals surface area contributed by atoms with Crippen LogP contribution in [0.4, 0.5) is 4.79 Å². The Morgan fingerprint density at radius 2 is 2.43 bits per heavy atom. The van der Waals surface area contributed by atoms with Gasteiger partial charge < -0.3 is 10.1 Å². The molecule has 7 heavy (non-hydrogen) atoms. The Labute approximate surface area is 41.4 Å². The number of amides is 1. The van der Waals surface area contributed by atoms with Crippen LogP contribution < -0.4 is 11.5 Å². The van der Waals surface area contributed by atoms with E-state index in [4.69, 9.17) is 0 Å². The molecular weight excluding hydrogens is 96.0 g/mol. The van der Waals surface area contributed by atoms with Gasteiger partial charge in [0.2, 0.25) is 0 Å². The van der Waals surface area contributed by atoms with E-state index in [2.05, 4.69) is 10.1 Å². The van der Waals surface area contributed by atoms with Crippen molar-refractivity contribution in [1.29, 1.82) is 0 Å². The van der Waals surface area contributed by atoms with Gasteiger partial charge in [0.05, 0.1) is 6.54 Å². The van der Waals surface area contributed by atoms with E-state index < -0.39 is 0 Å². The highest BCUT2D eigenvalue weighted by molar-refractivity contribution is 5.68. The molecule has 0 unspecified atom stereocenters. The van der Waals surface area contributed by atoms with Crippen LogP contribution in [0.3, 0.4) is 0 Å². The first kappa shape index (κ1) is 6.23. The second kappa shape index (κ2) is 2.41. The Hall–Kier alpha value is -0.770. The van der Waals surface area contributed by atoms with E-state index in [1.165, 1.54) is 0 Å². The fraction of sp³-hybridized carbons (Fsp3) is 0.667. The average Bonchev–Trinajstić information content (AvgIpc) is 1.86. The van der Waals surface area contributed by atoms with Crippen LogP contribution in [0.2, 0.25) is 0 Å². The maximum Gasteiger partial charge on any atom is 0.407 e. The van der Waals surface area contributed by atoms with Crippen molar-refractivity contribution >= 4 is 6.09 Å². The van der Waals surface area contributed by atoms with E-state index in [-0.39, 0.29) is 12.2 Å². The molecule has 3 radical (unpaired) electrons. The van der Waals surface area contributed by atoms with Crippen LogP contribution in [0.25, 0.3) is 0 Å². The molecule has 1 aliphatic rings. The number of ether oxygens (including phenoxy) is 1. The summed E-state index contributed by atoms with van der Waals surface area (Å²) in [5.74, 6) is 0. The summed E-state index contributed by atoms with van der Waals surface area (Å²) in [4.78, 5) is 9.91. The molecule has 0 aromatic carbocycles. The smallest absolute Gasteiger partial charge is 0.407 e. The third-order valence-electron chi connectivity index (χ3n) is 0.605. The summed E-state index contributed by atoms with van der Waals surface area (Å²) in [7, 11) is 0. The SMILES string of the molecule is O=C1NCCO1.[N]. The largest absolute Gasteiger partial charge is 0.448 e. The van der Waals surface area contributed by atoms with E-state index in [1.807, 2.05) is 0 Å². The van der Waals surface area contributed by atoms with Crippen LogP contribution in [-0.2, 0) is 4.74 Å². The van der Waals surface area contributed by atoms with E-state index in [9.17, 15) is 4.79 Å². The number of nitrogens with zero attached hydrogens (tertiary/aromatic N) is 1. The summed E-state index contributed by atoms with van der Waals surface area (Å²) in [5.41, 5.74) is 0. The molecule has 1 rings (SSSR count). The molecule has 1 N–H and O–H groups in total. The number of carbonyl (C=O) groups is 1. The minimum atomic E-state index is -0.296. The van der Waals surface area contributed by atoms with Crippen LogP contribution in [-0.4, -0.2) is 19.2 Å². The molecule has 0 saturated carbocycles. The molecule has 1 fully saturated rings. The maximum absolute atomic E-state index is 9.91. The van der Waals surface area contributed by atoms with Crippen molar-refractivity contribution in [1.82, 2.24) is 11.5 Å². The minimum absolute atomic E-state index is 0. The summed E-state index contributed by atoms with van der Waals surface area (Å²) in [6.45, 7) is 1.19. The highest BCUT2D eigenvalue weighted by Crippen LogP contribution is 1.82. The van der Waals surface area contributed by atoms with Crippen molar-refractivity contribution in [2.45, 2.75) is 0 Å². The Balaban J connectivity index is 0.000000360. The normalized spacial score (nSPS) is 16.9. The number of nitrogens with one attached hydrogen (secondary N) is 1. The second-order valence-corrected chi connectivity index (χ2v) is 1.06. The van der Waals surface area contributed by atoms with Crippen molar-refractivity contribution < 1.29 is 9.53 Å². The zero-order valence-corrected chi connectivity index (χ0v) is 3.68. The number of hydrogen-bond donors (Lipinski definition) is 1. The quantitative estimate of drug-likeness (QED) is 0.436. The molecule has 0 aromatic heterocycles. The number of rotatable bonds is 0. The van der Waals surface area contributed by atoms with Crippen LogP contribution >= 0.6 is 0 Å². The molecule has 1 saturated heterocycles. The Morgan fingerprint density at radius 3 is 2.57 bits per heavy atom. The molecular formula is C3H5N2O2. The molecule has 1 heterocycles. The Kier molecular flexibility index (Phi) is 2.15. The molecule has 1 aliphatic heterocycles. The lowest BCUT2D eigenvalue weighted by molar-refractivity contribution is 0.178. The first-order valence-corrected chi connectivity index (χ1v) is 1.80. The molecule has 0 aromatic rings. The lowest BCUT2D eigenvalue weighted by atomic mass is 10.7. The van der Waals surface area contributed by atoms with E-state index in [1.54, 1.807) is 0 Å². The Bertz CT molecular complexity index is 65.3. The molecule has 0 bridgehead atoms. The standard InChI is InChI=1S/C3H5NO2.N/c5-3-4-1-2-6-3;/h1-2H2,(H,4,5);. The molecule has 0 atom stereocenters. The molecule has 1 amide bonds. The van der Waals surface area contributed by atoms with Crippen LogP contribution in [0.15, 0.2) is 0 Å². The monoisotopic (exact) mass is 101 g/mol. The van der Waals surface area contributed by atoms with Gasteiger partial charge in [-0.3, -0.25) is 0 Å². The fourth-order valence-electron chi connectivity index (χ4n) is 0.348. The lowest BCUT2D eigenvalue weighted by Gasteiger charge is -1.80. The highest BCUT2D eigenvalue weighted by Gasteiger charge is 2.06. The Morgan fingerprint density at radius 1 is 1.71 bits per heavy atom. The van der Waals surface area contributed by atoms with E-state index in [0.29, 0.717) is 13.2 Å². The fourth-order valence-corrected chi connectivity index (χ4v) is 0.348. The first-order chi connectivity index (χ1) is 2.89. The average molecular weight is 101 g/mol. The van der Waals surface area contributed by atoms with Gasteiger partial charge in [0, 0.05) is 6.15 Å². The number of hydrogen-bond acceptors (Lipinski definition) is 2. The first-order valence-electron chi connectivity index (χ1n) is 1.80. The van der Waals surface area contributed by atoms with Gasteiger partial charge in [-0.25, -0.2) is 4.79 Å². The lowest BCUT2D eigenvalue weighted by Crippen LogP contribution is -2.11. The van der Waals surface area contributed by atoms with Crippen molar-refractivity contribution in [2.24, 2.45) is 0 Å². The third kappa shape index (κ3) is 1.41. The second-order valence-electron chi connectivity index (χ2n) is 1.06. The van der Waals surface area contributed by atoms with Crippen molar-refractivity contribution in [3.8, 4) is 0 Å².